The van der Waals surface area contributed by atoms with E-state index in [1.807, 2.05) is 0 Å². The number of aliphatic hydroxyl groups is 2. The number of nitrogens with one attached hydrogen (secondary N) is 1. The lowest BCUT2D eigenvalue weighted by molar-refractivity contribution is -0.208. The number of ether oxygens (including phenoxy) is 3. The highest BCUT2D eigenvalue weighted by atomic mass is 19.4. The second-order valence-corrected chi connectivity index (χ2v) is 5.83. The molecule has 2 aliphatic rings. The Morgan fingerprint density at radius 2 is 2.08 bits per heavy atom. The molecule has 3 rings (SSSR count). The minimum absolute atomic E-state index is 0.0425. The Morgan fingerprint density at radius 1 is 1.38 bits per heavy atom. The SMILES string of the molecule is COc1cc(C(F)(F)F)nc(N[C@H]2[C@H]3OC[C@](C)(O3)[C@H](O)[C@@H]2O)n1. The topological polar surface area (TPSA) is 106 Å². The molecule has 134 valence electrons. The standard InChI is InChI=1S/C13H16F3N3O5/c1-12-4-23-10(24-12)7(8(20)9(12)21)19-11-17-5(13(14,15)16)3-6(18-11)22-2/h3,7-10,20-21H,4H2,1-2H3,(H,17,18,19)/t7-,8-,9-,10+,12+/m1/s1. The molecule has 8 nitrogen and oxygen atoms in total. The Bertz CT molecular complexity index is 631. The van der Waals surface area contributed by atoms with Crippen LogP contribution in [0.15, 0.2) is 6.07 Å². The van der Waals surface area contributed by atoms with Gasteiger partial charge in [-0.05, 0) is 6.92 Å². The van der Waals surface area contributed by atoms with Gasteiger partial charge in [0.25, 0.3) is 0 Å². The Hall–Kier alpha value is -1.69. The number of aliphatic hydroxyl groups excluding tert-OH is 2. The maximum atomic E-state index is 12.9. The zero-order chi connectivity index (χ0) is 17.7. The van der Waals surface area contributed by atoms with E-state index in [2.05, 4.69) is 15.3 Å². The van der Waals surface area contributed by atoms with Gasteiger partial charge in [-0.3, -0.25) is 0 Å². The third kappa shape index (κ3) is 2.88. The molecule has 3 heterocycles. The third-order valence-corrected chi connectivity index (χ3v) is 4.03. The highest BCUT2D eigenvalue weighted by Gasteiger charge is 2.56. The molecular formula is C13H16F3N3O5. The van der Waals surface area contributed by atoms with Crippen LogP contribution < -0.4 is 10.1 Å². The minimum atomic E-state index is -4.70. The Morgan fingerprint density at radius 3 is 2.71 bits per heavy atom. The van der Waals surface area contributed by atoms with Crippen molar-refractivity contribution in [1.29, 1.82) is 0 Å². The van der Waals surface area contributed by atoms with Crippen LogP contribution in [0.2, 0.25) is 0 Å². The molecule has 2 bridgehead atoms. The maximum absolute atomic E-state index is 12.9. The largest absolute Gasteiger partial charge is 0.481 e. The summed E-state index contributed by atoms with van der Waals surface area (Å²) in [7, 11) is 1.17. The van der Waals surface area contributed by atoms with E-state index >= 15 is 0 Å². The lowest BCUT2D eigenvalue weighted by Crippen LogP contribution is -2.61. The second kappa shape index (κ2) is 5.69. The van der Waals surface area contributed by atoms with Crippen molar-refractivity contribution in [2.45, 2.75) is 43.2 Å². The highest BCUT2D eigenvalue weighted by molar-refractivity contribution is 5.34. The summed E-state index contributed by atoms with van der Waals surface area (Å²) in [6.07, 6.45) is -8.30. The van der Waals surface area contributed by atoms with Crippen molar-refractivity contribution < 1.29 is 37.6 Å². The van der Waals surface area contributed by atoms with Crippen LogP contribution in [0.5, 0.6) is 5.88 Å². The zero-order valence-corrected chi connectivity index (χ0v) is 12.7. The number of aromatic nitrogens is 2. The molecule has 0 radical (unpaired) electrons. The summed E-state index contributed by atoms with van der Waals surface area (Å²) in [4.78, 5) is 7.15. The average Bonchev–Trinajstić information content (AvgIpc) is 2.89. The van der Waals surface area contributed by atoms with Gasteiger partial charge in [0.1, 0.15) is 23.9 Å². The fourth-order valence-electron chi connectivity index (χ4n) is 2.67. The number of methoxy groups -OCH3 is 1. The van der Waals surface area contributed by atoms with Crippen molar-refractivity contribution in [3.8, 4) is 5.88 Å². The third-order valence-electron chi connectivity index (χ3n) is 4.03. The van der Waals surface area contributed by atoms with Crippen LogP contribution in [-0.4, -0.2) is 64.0 Å². The van der Waals surface area contributed by atoms with Gasteiger partial charge >= 0.3 is 6.18 Å². The number of nitrogens with zero attached hydrogens (tertiary/aromatic N) is 2. The van der Waals surface area contributed by atoms with E-state index in [4.69, 9.17) is 14.2 Å². The molecule has 24 heavy (non-hydrogen) atoms. The Kier molecular flexibility index (Phi) is 4.06. The van der Waals surface area contributed by atoms with E-state index in [9.17, 15) is 23.4 Å². The molecule has 2 saturated heterocycles. The Labute approximate surface area is 134 Å². The van der Waals surface area contributed by atoms with Crippen molar-refractivity contribution in [3.05, 3.63) is 11.8 Å². The van der Waals surface area contributed by atoms with E-state index in [0.29, 0.717) is 6.07 Å². The molecule has 0 spiro atoms. The normalized spacial score (nSPS) is 35.8. The van der Waals surface area contributed by atoms with Crippen LogP contribution in [0.1, 0.15) is 12.6 Å². The lowest BCUT2D eigenvalue weighted by Gasteiger charge is -2.41. The Balaban J connectivity index is 1.88. The monoisotopic (exact) mass is 351 g/mol. The molecule has 0 saturated carbocycles. The number of fused-ring (bicyclic) bond motifs is 2. The van der Waals surface area contributed by atoms with Gasteiger partial charge in [-0.15, -0.1) is 0 Å². The quantitative estimate of drug-likeness (QED) is 0.707. The van der Waals surface area contributed by atoms with Crippen LogP contribution in [-0.2, 0) is 15.7 Å². The molecule has 11 heteroatoms. The predicted octanol–water partition coefficient (Wildman–Crippen LogP) is 0.151. The minimum Gasteiger partial charge on any atom is -0.481 e. The number of hydrogen-bond acceptors (Lipinski definition) is 8. The average molecular weight is 351 g/mol. The summed E-state index contributed by atoms with van der Waals surface area (Å²) < 4.78 is 54.3. The first kappa shape index (κ1) is 17.1. The fraction of sp³-hybridized carbons (Fsp3) is 0.692. The van der Waals surface area contributed by atoms with E-state index in [1.54, 1.807) is 6.92 Å². The summed E-state index contributed by atoms with van der Waals surface area (Å²) in [6.45, 7) is 1.61. The van der Waals surface area contributed by atoms with E-state index in [-0.39, 0.29) is 12.5 Å². The van der Waals surface area contributed by atoms with Crippen LogP contribution >= 0.6 is 0 Å². The first-order valence-electron chi connectivity index (χ1n) is 7.06. The first-order valence-corrected chi connectivity index (χ1v) is 7.06. The van der Waals surface area contributed by atoms with Crippen LogP contribution in [0.4, 0.5) is 19.1 Å². The van der Waals surface area contributed by atoms with Gasteiger partial charge in [0, 0.05) is 6.07 Å². The molecule has 5 atom stereocenters. The lowest BCUT2D eigenvalue weighted by atomic mass is 9.89. The number of alkyl halides is 3. The number of halogens is 3. The molecule has 0 amide bonds. The molecular weight excluding hydrogens is 335 g/mol. The number of rotatable bonds is 3. The van der Waals surface area contributed by atoms with Crippen LogP contribution in [0.25, 0.3) is 0 Å². The number of hydrogen-bond donors (Lipinski definition) is 3. The summed E-state index contributed by atoms with van der Waals surface area (Å²) in [5.74, 6) is -0.732. The summed E-state index contributed by atoms with van der Waals surface area (Å²) in [6, 6.07) is -0.402. The van der Waals surface area contributed by atoms with Crippen LogP contribution in [0, 0.1) is 0 Å². The molecule has 2 aliphatic heterocycles. The summed E-state index contributed by atoms with van der Waals surface area (Å²) in [5, 5.41) is 22.9. The van der Waals surface area contributed by atoms with E-state index < -0.39 is 48.0 Å². The predicted molar refractivity (Wildman–Crippen MR) is 72.2 cm³/mol. The molecule has 1 aromatic rings. The second-order valence-electron chi connectivity index (χ2n) is 5.83. The molecule has 0 aliphatic carbocycles. The molecule has 1 aromatic heterocycles. The highest BCUT2D eigenvalue weighted by Crippen LogP contribution is 2.37. The molecule has 0 aromatic carbocycles. The van der Waals surface area contributed by atoms with Gasteiger partial charge in [-0.2, -0.15) is 18.2 Å². The van der Waals surface area contributed by atoms with Gasteiger partial charge < -0.3 is 29.7 Å². The van der Waals surface area contributed by atoms with Crippen molar-refractivity contribution >= 4 is 5.95 Å². The van der Waals surface area contributed by atoms with Crippen molar-refractivity contribution in [2.24, 2.45) is 0 Å². The zero-order valence-electron chi connectivity index (χ0n) is 12.7. The van der Waals surface area contributed by atoms with E-state index in [1.165, 1.54) is 7.11 Å². The van der Waals surface area contributed by atoms with Crippen molar-refractivity contribution in [3.63, 3.8) is 0 Å². The van der Waals surface area contributed by atoms with E-state index in [0.717, 1.165) is 0 Å². The number of anilines is 1. The molecule has 2 fully saturated rings. The van der Waals surface area contributed by atoms with Gasteiger partial charge in [-0.1, -0.05) is 0 Å². The van der Waals surface area contributed by atoms with Crippen LogP contribution in [0.3, 0.4) is 0 Å². The van der Waals surface area contributed by atoms with Gasteiger partial charge in [0.05, 0.1) is 13.7 Å². The van der Waals surface area contributed by atoms with Gasteiger partial charge in [-0.25, -0.2) is 4.98 Å². The molecule has 3 N–H and O–H groups in total. The fourth-order valence-corrected chi connectivity index (χ4v) is 2.67. The smallest absolute Gasteiger partial charge is 0.433 e. The van der Waals surface area contributed by atoms with Crippen molar-refractivity contribution in [2.75, 3.05) is 19.0 Å². The molecule has 0 unspecified atom stereocenters. The van der Waals surface area contributed by atoms with Gasteiger partial charge in [0.2, 0.25) is 11.8 Å². The summed E-state index contributed by atoms with van der Waals surface area (Å²) >= 11 is 0. The maximum Gasteiger partial charge on any atom is 0.433 e. The van der Waals surface area contributed by atoms with Gasteiger partial charge in [0.15, 0.2) is 12.0 Å². The van der Waals surface area contributed by atoms with Crippen molar-refractivity contribution in [1.82, 2.24) is 9.97 Å². The first-order chi connectivity index (χ1) is 11.1. The summed E-state index contributed by atoms with van der Waals surface area (Å²) in [5.41, 5.74) is -2.28.